The lowest BCUT2D eigenvalue weighted by molar-refractivity contribution is 0.0941. The first-order chi connectivity index (χ1) is 8.71. The van der Waals surface area contributed by atoms with Gasteiger partial charge in [-0.2, -0.15) is 0 Å². The van der Waals surface area contributed by atoms with Crippen LogP contribution in [-0.2, 0) is 9.84 Å². The molecule has 1 amide bonds. The fourth-order valence-electron chi connectivity index (χ4n) is 1.28. The lowest BCUT2D eigenvalue weighted by Crippen LogP contribution is -2.29. The topological polar surface area (TPSA) is 83.5 Å². The second kappa shape index (κ2) is 6.66. The molecule has 0 unspecified atom stereocenters. The first-order valence-electron chi connectivity index (χ1n) is 5.01. The number of alkyl halides is 3. The number of aliphatic hydroxyl groups is 1. The van der Waals surface area contributed by atoms with E-state index in [0.717, 1.165) is 0 Å². The normalized spacial score (nSPS) is 12.2. The summed E-state index contributed by atoms with van der Waals surface area (Å²) in [7, 11) is -3.85. The molecule has 106 valence electrons. The minimum atomic E-state index is -3.85. The molecule has 0 radical (unpaired) electrons. The number of benzene rings is 1. The van der Waals surface area contributed by atoms with Gasteiger partial charge in [0.15, 0.2) is 0 Å². The first kappa shape index (κ1) is 17.1. The number of rotatable bonds is 4. The van der Waals surface area contributed by atoms with Crippen molar-refractivity contribution in [1.82, 2.24) is 5.32 Å². The van der Waals surface area contributed by atoms with Crippen molar-refractivity contribution in [3.63, 3.8) is 0 Å². The number of sulfone groups is 1. The molecule has 0 bridgehead atoms. The summed E-state index contributed by atoms with van der Waals surface area (Å²) < 4.78 is 23.0. The van der Waals surface area contributed by atoms with Gasteiger partial charge in [0.2, 0.25) is 11.3 Å². The number of carbonyl (C=O) groups excluding carboxylic acids is 1. The monoisotopic (exact) mass is 477 g/mol. The number of halogens is 3. The zero-order valence-corrected chi connectivity index (χ0v) is 15.0. The maximum absolute atomic E-state index is 12.3. The van der Waals surface area contributed by atoms with Crippen LogP contribution in [0.5, 0.6) is 0 Å². The fraction of sp³-hybridized carbons (Fsp3) is 0.300. The molecule has 1 rings (SSSR count). The van der Waals surface area contributed by atoms with Crippen molar-refractivity contribution in [3.8, 4) is 0 Å². The van der Waals surface area contributed by atoms with E-state index in [4.69, 9.17) is 5.11 Å². The second-order valence-corrected chi connectivity index (χ2v) is 13.8. The van der Waals surface area contributed by atoms with Gasteiger partial charge in [-0.25, -0.2) is 8.42 Å². The van der Waals surface area contributed by atoms with Crippen molar-refractivity contribution >= 4 is 63.5 Å². The highest BCUT2D eigenvalue weighted by Crippen LogP contribution is 2.43. The number of aliphatic hydroxyl groups excluding tert-OH is 1. The highest BCUT2D eigenvalue weighted by atomic mass is 80.0. The van der Waals surface area contributed by atoms with E-state index in [1.165, 1.54) is 18.2 Å². The van der Waals surface area contributed by atoms with E-state index in [9.17, 15) is 13.2 Å². The molecule has 0 aliphatic carbocycles. The van der Waals surface area contributed by atoms with Crippen molar-refractivity contribution in [2.45, 2.75) is 6.37 Å². The zero-order valence-electron chi connectivity index (χ0n) is 9.44. The van der Waals surface area contributed by atoms with Crippen LogP contribution in [-0.4, -0.2) is 34.1 Å². The second-order valence-electron chi connectivity index (χ2n) is 3.42. The first-order valence-corrected chi connectivity index (χ1v) is 8.87. The van der Waals surface area contributed by atoms with Gasteiger partial charge in [0.25, 0.3) is 5.91 Å². The van der Waals surface area contributed by atoms with Crippen LogP contribution < -0.4 is 5.32 Å². The smallest absolute Gasteiger partial charge is 0.252 e. The van der Waals surface area contributed by atoms with Crippen LogP contribution >= 0.6 is 47.8 Å². The van der Waals surface area contributed by atoms with Crippen molar-refractivity contribution in [2.75, 3.05) is 13.2 Å². The molecule has 19 heavy (non-hydrogen) atoms. The number of carbonyl (C=O) groups is 1. The molecule has 9 heteroatoms. The largest absolute Gasteiger partial charge is 0.395 e. The van der Waals surface area contributed by atoms with E-state index in [0.29, 0.717) is 0 Å². The lowest BCUT2D eigenvalue weighted by Gasteiger charge is -2.16. The van der Waals surface area contributed by atoms with E-state index >= 15 is 0 Å². The lowest BCUT2D eigenvalue weighted by atomic mass is 10.2. The maximum Gasteiger partial charge on any atom is 0.252 e. The summed E-state index contributed by atoms with van der Waals surface area (Å²) in [6.45, 7) is -0.171. The zero-order chi connectivity index (χ0) is 14.7. The Morgan fingerprint density at radius 3 is 2.37 bits per heavy atom. The van der Waals surface area contributed by atoms with Crippen LogP contribution in [0.3, 0.4) is 0 Å². The molecule has 0 saturated carbocycles. The Morgan fingerprint density at radius 2 is 1.84 bits per heavy atom. The average molecular weight is 480 g/mol. The molecular weight excluding hydrogens is 470 g/mol. The van der Waals surface area contributed by atoms with E-state index < -0.39 is 17.2 Å². The highest BCUT2D eigenvalue weighted by Gasteiger charge is 2.39. The Hall–Kier alpha value is 0.0400. The third-order valence-electron chi connectivity index (χ3n) is 2.12. The highest BCUT2D eigenvalue weighted by molar-refractivity contribution is 9.42. The van der Waals surface area contributed by atoms with Gasteiger partial charge in [0, 0.05) is 6.54 Å². The van der Waals surface area contributed by atoms with Crippen LogP contribution in [0.25, 0.3) is 0 Å². The van der Waals surface area contributed by atoms with Crippen LogP contribution in [0.4, 0.5) is 0 Å². The summed E-state index contributed by atoms with van der Waals surface area (Å²) in [5.74, 6) is -0.565. The molecule has 1 aromatic rings. The molecule has 5 nitrogen and oxygen atoms in total. The summed E-state index contributed by atoms with van der Waals surface area (Å²) in [4.78, 5) is 11.7. The van der Waals surface area contributed by atoms with E-state index in [-0.39, 0.29) is 23.6 Å². The van der Waals surface area contributed by atoms with Gasteiger partial charge >= 0.3 is 0 Å². The predicted molar refractivity (Wildman–Crippen MR) is 82.6 cm³/mol. The summed E-state index contributed by atoms with van der Waals surface area (Å²) >= 11 is 8.84. The number of amides is 1. The molecule has 2 N–H and O–H groups in total. The van der Waals surface area contributed by atoms with Crippen molar-refractivity contribution in [3.05, 3.63) is 29.8 Å². The number of hydrogen-bond acceptors (Lipinski definition) is 4. The summed E-state index contributed by atoms with van der Waals surface area (Å²) in [5.41, 5.74) is 0.0127. The summed E-state index contributed by atoms with van der Waals surface area (Å²) in [5, 5.41) is 11.1. The van der Waals surface area contributed by atoms with Crippen molar-refractivity contribution in [1.29, 1.82) is 0 Å². The Labute approximate surface area is 136 Å². The number of hydrogen-bond donors (Lipinski definition) is 2. The minimum absolute atomic E-state index is 0.0127. The SMILES string of the molecule is O=C(NCCO)c1ccccc1S(=O)(=O)C(Br)(Br)Br. The van der Waals surface area contributed by atoms with E-state index in [1.54, 1.807) is 6.07 Å². The van der Waals surface area contributed by atoms with Gasteiger partial charge in [-0.1, -0.05) is 12.1 Å². The Morgan fingerprint density at radius 1 is 1.26 bits per heavy atom. The Balaban J connectivity index is 3.28. The number of nitrogens with one attached hydrogen (secondary N) is 1. The molecule has 0 atom stereocenters. The third kappa shape index (κ3) is 4.01. The third-order valence-corrected chi connectivity index (χ3v) is 7.50. The van der Waals surface area contributed by atoms with Crippen LogP contribution in [0, 0.1) is 0 Å². The van der Waals surface area contributed by atoms with Gasteiger partial charge in [-0.3, -0.25) is 4.79 Å². The van der Waals surface area contributed by atoms with Gasteiger partial charge in [0.05, 0.1) is 17.1 Å². The van der Waals surface area contributed by atoms with Gasteiger partial charge in [-0.15, -0.1) is 0 Å². The Kier molecular flexibility index (Phi) is 5.99. The van der Waals surface area contributed by atoms with Crippen molar-refractivity contribution in [2.24, 2.45) is 0 Å². The fourth-order valence-corrected chi connectivity index (χ4v) is 3.80. The average Bonchev–Trinajstić information content (AvgIpc) is 2.34. The van der Waals surface area contributed by atoms with E-state index in [1.807, 2.05) is 0 Å². The molecular formula is C10H10Br3NO4S. The van der Waals surface area contributed by atoms with Crippen LogP contribution in [0.2, 0.25) is 0 Å². The van der Waals surface area contributed by atoms with Gasteiger partial charge < -0.3 is 10.4 Å². The molecule has 0 aliphatic rings. The molecule has 0 saturated heterocycles. The molecule has 0 spiro atoms. The molecule has 0 aromatic heterocycles. The molecule has 0 aliphatic heterocycles. The van der Waals surface area contributed by atoms with Crippen molar-refractivity contribution < 1.29 is 18.3 Å². The van der Waals surface area contributed by atoms with Gasteiger partial charge in [-0.05, 0) is 59.9 Å². The van der Waals surface area contributed by atoms with Gasteiger partial charge in [0.1, 0.15) is 0 Å². The molecule has 1 aromatic carbocycles. The van der Waals surface area contributed by atoms with E-state index in [2.05, 4.69) is 53.1 Å². The predicted octanol–water partition coefficient (Wildman–Crippen LogP) is 1.98. The molecule has 0 fully saturated rings. The summed E-state index contributed by atoms with van der Waals surface area (Å²) in [6.07, 6.45) is 0. The van der Waals surface area contributed by atoms with Crippen LogP contribution in [0.1, 0.15) is 10.4 Å². The molecule has 0 heterocycles. The standard InChI is InChI=1S/C10H10Br3NO4S/c11-10(12,13)19(17,18)8-4-2-1-3-7(8)9(16)14-5-6-15/h1-4,15H,5-6H2,(H,14,16). The quantitative estimate of drug-likeness (QED) is 0.647. The Bertz CT molecular complexity index is 568. The maximum atomic E-state index is 12.3. The van der Waals surface area contributed by atoms with Crippen LogP contribution in [0.15, 0.2) is 29.2 Å². The minimum Gasteiger partial charge on any atom is -0.395 e. The summed E-state index contributed by atoms with van der Waals surface area (Å²) in [6, 6.07) is 5.82.